The first-order valence-electron chi connectivity index (χ1n) is 9.18. The molecule has 0 bridgehead atoms. The number of anilines is 2. The Morgan fingerprint density at radius 2 is 1.50 bits per heavy atom. The molecule has 1 atom stereocenters. The highest BCUT2D eigenvalue weighted by Crippen LogP contribution is 2.36. The fraction of sp³-hybridized carbons (Fsp3) is 0.0909. The number of hydrogen-bond acceptors (Lipinski definition) is 3. The van der Waals surface area contributed by atoms with Crippen LogP contribution in [0.5, 0.6) is 0 Å². The molecule has 3 aromatic rings. The number of para-hydroxylation sites is 1. The predicted octanol–water partition coefficient (Wildman–Crippen LogP) is 4.29. The first-order chi connectivity index (χ1) is 14.4. The zero-order valence-electron chi connectivity index (χ0n) is 16.0. The molecule has 4 rings (SSSR count). The van der Waals surface area contributed by atoms with Gasteiger partial charge in [0.15, 0.2) is 6.17 Å². The number of nitrogens with zero attached hydrogens (tertiary/aromatic N) is 2. The molecule has 0 saturated carbocycles. The molecule has 0 aliphatic carbocycles. The highest BCUT2D eigenvalue weighted by atomic mass is 19.1. The lowest BCUT2D eigenvalue weighted by atomic mass is 10.0. The molecule has 2 N–H and O–H groups in total. The van der Waals surface area contributed by atoms with Gasteiger partial charge in [-0.25, -0.2) is 24.0 Å². The van der Waals surface area contributed by atoms with Crippen LogP contribution in [0.2, 0.25) is 0 Å². The third kappa shape index (κ3) is 3.67. The van der Waals surface area contributed by atoms with Gasteiger partial charge in [-0.1, -0.05) is 24.3 Å². The van der Waals surface area contributed by atoms with Gasteiger partial charge in [0.1, 0.15) is 11.6 Å². The number of benzene rings is 3. The van der Waals surface area contributed by atoms with Gasteiger partial charge in [0, 0.05) is 12.7 Å². The minimum Gasteiger partial charge on any atom is -0.348 e. The maximum absolute atomic E-state index is 13.4. The van der Waals surface area contributed by atoms with Crippen molar-refractivity contribution in [3.63, 3.8) is 0 Å². The van der Waals surface area contributed by atoms with Crippen molar-refractivity contribution in [2.75, 3.05) is 17.3 Å². The van der Waals surface area contributed by atoms with E-state index < -0.39 is 29.7 Å². The van der Waals surface area contributed by atoms with Crippen LogP contribution in [0.15, 0.2) is 72.8 Å². The molecular formula is C22H18F2N4O2. The molecule has 3 aromatic carbocycles. The minimum atomic E-state index is -0.702. The molecule has 0 spiro atoms. The summed E-state index contributed by atoms with van der Waals surface area (Å²) in [5.74, 6) is -1.24. The van der Waals surface area contributed by atoms with E-state index in [0.29, 0.717) is 22.5 Å². The van der Waals surface area contributed by atoms with Crippen molar-refractivity contribution < 1.29 is 18.4 Å². The van der Waals surface area contributed by atoms with Crippen LogP contribution in [0.3, 0.4) is 0 Å². The first kappa shape index (κ1) is 19.4. The number of urea groups is 1. The summed E-state index contributed by atoms with van der Waals surface area (Å²) < 4.78 is 26.5. The van der Waals surface area contributed by atoms with E-state index in [2.05, 4.69) is 10.7 Å². The van der Waals surface area contributed by atoms with E-state index >= 15 is 0 Å². The maximum Gasteiger partial charge on any atom is 0.338 e. The van der Waals surface area contributed by atoms with Crippen LogP contribution in [-0.4, -0.2) is 24.0 Å². The Labute approximate surface area is 171 Å². The summed E-state index contributed by atoms with van der Waals surface area (Å²) in [5, 5.41) is 3.76. The average molecular weight is 408 g/mol. The summed E-state index contributed by atoms with van der Waals surface area (Å²) in [6.45, 7) is 0. The Balaban J connectivity index is 1.66. The van der Waals surface area contributed by atoms with Crippen LogP contribution >= 0.6 is 0 Å². The zero-order chi connectivity index (χ0) is 21.3. The van der Waals surface area contributed by atoms with E-state index in [4.69, 9.17) is 0 Å². The monoisotopic (exact) mass is 408 g/mol. The summed E-state index contributed by atoms with van der Waals surface area (Å²) in [5.41, 5.74) is 4.66. The zero-order valence-corrected chi connectivity index (χ0v) is 16.0. The van der Waals surface area contributed by atoms with Gasteiger partial charge in [-0.15, -0.1) is 0 Å². The third-order valence-electron chi connectivity index (χ3n) is 4.84. The van der Waals surface area contributed by atoms with Crippen LogP contribution in [0.4, 0.5) is 25.0 Å². The number of hydrogen-bond donors (Lipinski definition) is 2. The standard InChI is InChI=1S/C22H18F2N4O2/c1-27-19-5-3-2-4-18(19)21(29)28(20(27)14-6-8-15(23)9-7-14)26-22(30)25-17-12-10-16(24)11-13-17/h2-13,20H,1H3,(H2,25,26,30). The number of nitrogens with one attached hydrogen (secondary N) is 2. The SMILES string of the molecule is CN1c2ccccc2C(=O)N(NC(=O)Nc2ccc(F)cc2)C1c1ccc(F)cc1. The van der Waals surface area contributed by atoms with Gasteiger partial charge in [-0.3, -0.25) is 4.79 Å². The third-order valence-corrected chi connectivity index (χ3v) is 4.84. The van der Waals surface area contributed by atoms with Gasteiger partial charge >= 0.3 is 6.03 Å². The Kier molecular flexibility index (Phi) is 5.05. The second kappa shape index (κ2) is 7.82. The topological polar surface area (TPSA) is 64.7 Å². The van der Waals surface area contributed by atoms with Crippen LogP contribution < -0.4 is 15.6 Å². The minimum absolute atomic E-state index is 0.366. The molecule has 1 aliphatic rings. The molecule has 1 heterocycles. The number of carbonyl (C=O) groups excluding carboxylic acids is 2. The predicted molar refractivity (Wildman–Crippen MR) is 109 cm³/mol. The Morgan fingerprint density at radius 1 is 0.900 bits per heavy atom. The van der Waals surface area contributed by atoms with Crippen molar-refractivity contribution in [1.82, 2.24) is 10.4 Å². The quantitative estimate of drug-likeness (QED) is 0.680. The fourth-order valence-electron chi connectivity index (χ4n) is 3.43. The molecule has 30 heavy (non-hydrogen) atoms. The largest absolute Gasteiger partial charge is 0.348 e. The van der Waals surface area contributed by atoms with E-state index in [1.165, 1.54) is 41.4 Å². The lowest BCUT2D eigenvalue weighted by Crippen LogP contribution is -2.56. The molecule has 1 unspecified atom stereocenters. The molecule has 0 aromatic heterocycles. The number of amides is 3. The van der Waals surface area contributed by atoms with Crippen LogP contribution in [0.1, 0.15) is 22.1 Å². The Hall–Kier alpha value is -3.94. The van der Waals surface area contributed by atoms with Gasteiger partial charge in [0.2, 0.25) is 0 Å². The molecule has 152 valence electrons. The summed E-state index contributed by atoms with van der Waals surface area (Å²) >= 11 is 0. The van der Waals surface area contributed by atoms with Gasteiger partial charge < -0.3 is 10.2 Å². The second-order valence-corrected chi connectivity index (χ2v) is 6.80. The molecule has 0 fully saturated rings. The second-order valence-electron chi connectivity index (χ2n) is 6.80. The summed E-state index contributed by atoms with van der Waals surface area (Å²) in [4.78, 5) is 27.6. The van der Waals surface area contributed by atoms with Crippen LogP contribution in [-0.2, 0) is 0 Å². The number of hydrazine groups is 1. The summed E-state index contributed by atoms with van der Waals surface area (Å²) in [6, 6.07) is 17.3. The lowest BCUT2D eigenvalue weighted by molar-refractivity contribution is 0.0557. The van der Waals surface area contributed by atoms with Gasteiger partial charge in [-0.05, 0) is 54.1 Å². The average Bonchev–Trinajstić information content (AvgIpc) is 2.75. The molecule has 3 amide bonds. The molecule has 0 radical (unpaired) electrons. The summed E-state index contributed by atoms with van der Waals surface area (Å²) in [6.07, 6.45) is -0.702. The molecular weight excluding hydrogens is 390 g/mol. The molecule has 8 heteroatoms. The van der Waals surface area contributed by atoms with Gasteiger partial charge in [0.25, 0.3) is 5.91 Å². The number of carbonyl (C=O) groups is 2. The number of fused-ring (bicyclic) bond motifs is 1. The van der Waals surface area contributed by atoms with Crippen molar-refractivity contribution in [2.24, 2.45) is 0 Å². The highest BCUT2D eigenvalue weighted by Gasteiger charge is 2.38. The van der Waals surface area contributed by atoms with E-state index in [0.717, 1.165) is 0 Å². The number of halogens is 2. The van der Waals surface area contributed by atoms with E-state index in [9.17, 15) is 18.4 Å². The maximum atomic E-state index is 13.4. The van der Waals surface area contributed by atoms with Crippen molar-refractivity contribution in [1.29, 1.82) is 0 Å². The smallest absolute Gasteiger partial charge is 0.338 e. The van der Waals surface area contributed by atoms with Crippen molar-refractivity contribution in [3.8, 4) is 0 Å². The molecule has 1 aliphatic heterocycles. The van der Waals surface area contributed by atoms with Crippen LogP contribution in [0.25, 0.3) is 0 Å². The van der Waals surface area contributed by atoms with Crippen LogP contribution in [0, 0.1) is 11.6 Å². The van der Waals surface area contributed by atoms with Crippen molar-refractivity contribution in [2.45, 2.75) is 6.17 Å². The van der Waals surface area contributed by atoms with E-state index in [1.54, 1.807) is 37.4 Å². The van der Waals surface area contributed by atoms with E-state index in [1.807, 2.05) is 11.0 Å². The lowest BCUT2D eigenvalue weighted by Gasteiger charge is -2.43. The van der Waals surface area contributed by atoms with Crippen molar-refractivity contribution >= 4 is 23.3 Å². The Bertz CT molecular complexity index is 1090. The summed E-state index contributed by atoms with van der Waals surface area (Å²) in [7, 11) is 1.78. The van der Waals surface area contributed by atoms with Gasteiger partial charge in [-0.2, -0.15) is 0 Å². The molecule has 0 saturated heterocycles. The van der Waals surface area contributed by atoms with Gasteiger partial charge in [0.05, 0.1) is 11.3 Å². The van der Waals surface area contributed by atoms with E-state index in [-0.39, 0.29) is 0 Å². The normalized spacial score (nSPS) is 15.6. The Morgan fingerprint density at radius 3 is 2.17 bits per heavy atom. The van der Waals surface area contributed by atoms with Crippen molar-refractivity contribution in [3.05, 3.63) is 95.6 Å². The highest BCUT2D eigenvalue weighted by molar-refractivity contribution is 6.03. The number of rotatable bonds is 3. The molecule has 6 nitrogen and oxygen atoms in total. The first-order valence-corrected chi connectivity index (χ1v) is 9.18. The fourth-order valence-corrected chi connectivity index (χ4v) is 3.43.